The third kappa shape index (κ3) is 4.42. The van der Waals surface area contributed by atoms with Gasteiger partial charge in [0.15, 0.2) is 0 Å². The third-order valence-corrected chi connectivity index (χ3v) is 3.02. The Bertz CT molecular complexity index is 586. The molecule has 8 heteroatoms. The third-order valence-electron chi connectivity index (χ3n) is 2.72. The van der Waals surface area contributed by atoms with Gasteiger partial charge in [0.25, 0.3) is 5.91 Å². The first kappa shape index (κ1) is 15.2. The summed E-state index contributed by atoms with van der Waals surface area (Å²) in [6, 6.07) is 3.42. The fraction of sp³-hybridized carbons (Fsp3) is 0.385. The maximum Gasteiger partial charge on any atom is 0.271 e. The summed E-state index contributed by atoms with van der Waals surface area (Å²) < 4.78 is 1.63. The molecule has 0 unspecified atom stereocenters. The smallest absolute Gasteiger partial charge is 0.271 e. The van der Waals surface area contributed by atoms with Crippen molar-refractivity contribution in [3.63, 3.8) is 0 Å². The standard InChI is InChI=1S/C13H17ClN6O/c1-2-5-15-11-4-3-10(14)12(18-11)13(21)16-6-8-20-9-7-17-19-20/h3-4,7,9H,2,5-6,8H2,1H3,(H,15,18)(H,16,21). The molecular formula is C13H17ClN6O. The second kappa shape index (κ2) is 7.58. The number of nitrogens with zero attached hydrogens (tertiary/aromatic N) is 4. The van der Waals surface area contributed by atoms with E-state index in [0.717, 1.165) is 13.0 Å². The van der Waals surface area contributed by atoms with E-state index >= 15 is 0 Å². The zero-order valence-electron chi connectivity index (χ0n) is 11.7. The molecule has 0 atom stereocenters. The van der Waals surface area contributed by atoms with Gasteiger partial charge in [-0.2, -0.15) is 0 Å². The zero-order valence-corrected chi connectivity index (χ0v) is 12.5. The van der Waals surface area contributed by atoms with E-state index in [1.807, 2.05) is 0 Å². The fourth-order valence-corrected chi connectivity index (χ4v) is 1.86. The van der Waals surface area contributed by atoms with Crippen LogP contribution >= 0.6 is 11.6 Å². The lowest BCUT2D eigenvalue weighted by atomic mass is 10.3. The number of anilines is 1. The van der Waals surface area contributed by atoms with Gasteiger partial charge in [0.05, 0.1) is 17.8 Å². The molecule has 2 aromatic rings. The van der Waals surface area contributed by atoms with Gasteiger partial charge < -0.3 is 10.6 Å². The van der Waals surface area contributed by atoms with Crippen LogP contribution in [0.5, 0.6) is 0 Å². The van der Waals surface area contributed by atoms with Crippen LogP contribution in [0.25, 0.3) is 0 Å². The zero-order chi connectivity index (χ0) is 15.1. The number of rotatable bonds is 7. The number of carbonyl (C=O) groups excluding carboxylic acids is 1. The van der Waals surface area contributed by atoms with E-state index in [4.69, 9.17) is 11.6 Å². The Morgan fingerprint density at radius 2 is 2.24 bits per heavy atom. The highest BCUT2D eigenvalue weighted by atomic mass is 35.5. The number of pyridine rings is 1. The van der Waals surface area contributed by atoms with Gasteiger partial charge in [0.2, 0.25) is 0 Å². The molecule has 2 N–H and O–H groups in total. The van der Waals surface area contributed by atoms with Gasteiger partial charge >= 0.3 is 0 Å². The predicted octanol–water partition coefficient (Wildman–Crippen LogP) is 1.58. The Labute approximate surface area is 127 Å². The topological polar surface area (TPSA) is 84.7 Å². The van der Waals surface area contributed by atoms with Crippen LogP contribution < -0.4 is 10.6 Å². The number of hydrogen-bond donors (Lipinski definition) is 2. The molecule has 0 bridgehead atoms. The Kier molecular flexibility index (Phi) is 5.51. The Morgan fingerprint density at radius 1 is 1.38 bits per heavy atom. The molecule has 0 saturated heterocycles. The van der Waals surface area contributed by atoms with Crippen LogP contribution in [0.4, 0.5) is 5.82 Å². The normalized spacial score (nSPS) is 10.4. The van der Waals surface area contributed by atoms with Crippen molar-refractivity contribution in [2.75, 3.05) is 18.4 Å². The predicted molar refractivity (Wildman–Crippen MR) is 80.4 cm³/mol. The summed E-state index contributed by atoms with van der Waals surface area (Å²) in [7, 11) is 0. The average molecular weight is 309 g/mol. The first-order chi connectivity index (χ1) is 10.2. The van der Waals surface area contributed by atoms with E-state index in [9.17, 15) is 4.79 Å². The highest BCUT2D eigenvalue weighted by Gasteiger charge is 2.12. The van der Waals surface area contributed by atoms with Gasteiger partial charge in [-0.05, 0) is 18.6 Å². The number of hydrogen-bond acceptors (Lipinski definition) is 5. The molecular weight excluding hydrogens is 292 g/mol. The minimum absolute atomic E-state index is 0.219. The van der Waals surface area contributed by atoms with Crippen LogP contribution in [-0.4, -0.2) is 39.0 Å². The van der Waals surface area contributed by atoms with E-state index in [0.29, 0.717) is 23.9 Å². The molecule has 2 heterocycles. The second-order valence-corrected chi connectivity index (χ2v) is 4.78. The Balaban J connectivity index is 1.94. The highest BCUT2D eigenvalue weighted by molar-refractivity contribution is 6.33. The lowest BCUT2D eigenvalue weighted by Gasteiger charge is -2.09. The van der Waals surface area contributed by atoms with Crippen molar-refractivity contribution in [3.8, 4) is 0 Å². The molecule has 2 rings (SSSR count). The van der Waals surface area contributed by atoms with Crippen molar-refractivity contribution in [3.05, 3.63) is 35.2 Å². The van der Waals surface area contributed by atoms with Gasteiger partial charge in [0, 0.05) is 19.3 Å². The van der Waals surface area contributed by atoms with Crippen LogP contribution in [0.3, 0.4) is 0 Å². The first-order valence-corrected chi connectivity index (χ1v) is 7.11. The minimum atomic E-state index is -0.305. The van der Waals surface area contributed by atoms with Crippen molar-refractivity contribution in [1.29, 1.82) is 0 Å². The lowest BCUT2D eigenvalue weighted by molar-refractivity contribution is 0.0947. The molecule has 0 aliphatic carbocycles. The van der Waals surface area contributed by atoms with Crippen LogP contribution in [0, 0.1) is 0 Å². The Morgan fingerprint density at radius 3 is 2.95 bits per heavy atom. The SMILES string of the molecule is CCCNc1ccc(Cl)c(C(=O)NCCn2ccnn2)n1. The molecule has 0 spiro atoms. The van der Waals surface area contributed by atoms with Gasteiger partial charge in [-0.25, -0.2) is 4.98 Å². The monoisotopic (exact) mass is 308 g/mol. The average Bonchev–Trinajstić information content (AvgIpc) is 2.99. The molecule has 7 nitrogen and oxygen atoms in total. The molecule has 0 aliphatic rings. The minimum Gasteiger partial charge on any atom is -0.370 e. The molecule has 0 fully saturated rings. The molecule has 0 aromatic carbocycles. The van der Waals surface area contributed by atoms with E-state index < -0.39 is 0 Å². The molecule has 0 radical (unpaired) electrons. The maximum absolute atomic E-state index is 12.1. The molecule has 112 valence electrons. The summed E-state index contributed by atoms with van der Waals surface area (Å²) in [6.07, 6.45) is 4.29. The summed E-state index contributed by atoms with van der Waals surface area (Å²) in [5, 5.41) is 13.7. The fourth-order valence-electron chi connectivity index (χ4n) is 1.67. The Hall–Kier alpha value is -2.15. The summed E-state index contributed by atoms with van der Waals surface area (Å²) in [5.41, 5.74) is 0.219. The summed E-state index contributed by atoms with van der Waals surface area (Å²) in [4.78, 5) is 16.3. The second-order valence-electron chi connectivity index (χ2n) is 4.38. The van der Waals surface area contributed by atoms with Crippen molar-refractivity contribution < 1.29 is 4.79 Å². The van der Waals surface area contributed by atoms with Gasteiger partial charge in [-0.1, -0.05) is 23.7 Å². The lowest BCUT2D eigenvalue weighted by Crippen LogP contribution is -2.28. The molecule has 21 heavy (non-hydrogen) atoms. The van der Waals surface area contributed by atoms with E-state index in [1.165, 1.54) is 0 Å². The maximum atomic E-state index is 12.1. The summed E-state index contributed by atoms with van der Waals surface area (Å²) in [5.74, 6) is 0.336. The van der Waals surface area contributed by atoms with Gasteiger partial charge in [0.1, 0.15) is 11.5 Å². The number of halogens is 1. The van der Waals surface area contributed by atoms with Crippen molar-refractivity contribution in [2.45, 2.75) is 19.9 Å². The van der Waals surface area contributed by atoms with Gasteiger partial charge in [-0.3, -0.25) is 9.48 Å². The number of amides is 1. The molecule has 2 aromatic heterocycles. The van der Waals surface area contributed by atoms with Crippen molar-refractivity contribution >= 4 is 23.3 Å². The van der Waals surface area contributed by atoms with E-state index in [1.54, 1.807) is 29.2 Å². The van der Waals surface area contributed by atoms with Crippen molar-refractivity contribution in [1.82, 2.24) is 25.3 Å². The van der Waals surface area contributed by atoms with Crippen LogP contribution in [0.1, 0.15) is 23.8 Å². The first-order valence-electron chi connectivity index (χ1n) is 6.73. The quantitative estimate of drug-likeness (QED) is 0.811. The number of aromatic nitrogens is 4. The number of carbonyl (C=O) groups is 1. The summed E-state index contributed by atoms with van der Waals surface area (Å²) in [6.45, 7) is 3.81. The molecule has 0 aliphatic heterocycles. The van der Waals surface area contributed by atoms with Crippen molar-refractivity contribution in [2.24, 2.45) is 0 Å². The van der Waals surface area contributed by atoms with Gasteiger partial charge in [-0.15, -0.1) is 5.10 Å². The summed E-state index contributed by atoms with van der Waals surface area (Å²) >= 11 is 6.02. The molecule has 0 saturated carbocycles. The van der Waals surface area contributed by atoms with E-state index in [2.05, 4.69) is 32.9 Å². The van der Waals surface area contributed by atoms with Crippen LogP contribution in [0.15, 0.2) is 24.5 Å². The number of nitrogens with one attached hydrogen (secondary N) is 2. The largest absolute Gasteiger partial charge is 0.370 e. The highest BCUT2D eigenvalue weighted by Crippen LogP contribution is 2.16. The van der Waals surface area contributed by atoms with E-state index in [-0.39, 0.29) is 11.6 Å². The van der Waals surface area contributed by atoms with Crippen LogP contribution in [0.2, 0.25) is 5.02 Å². The molecule has 1 amide bonds. The van der Waals surface area contributed by atoms with Crippen LogP contribution in [-0.2, 0) is 6.54 Å².